The molecular formula is C12H20N2O2. The molecule has 0 aromatic carbocycles. The fourth-order valence-electron chi connectivity index (χ4n) is 1.57. The van der Waals surface area contributed by atoms with Gasteiger partial charge in [0, 0.05) is 5.92 Å². The second-order valence-electron chi connectivity index (χ2n) is 4.65. The van der Waals surface area contributed by atoms with Crippen LogP contribution in [0.25, 0.3) is 0 Å². The van der Waals surface area contributed by atoms with Crippen LogP contribution in [0, 0.1) is 5.92 Å². The lowest BCUT2D eigenvalue weighted by atomic mass is 10.0. The topological polar surface area (TPSA) is 55.1 Å². The van der Waals surface area contributed by atoms with Crippen molar-refractivity contribution in [2.45, 2.75) is 46.5 Å². The molecule has 0 radical (unpaired) electrons. The van der Waals surface area contributed by atoms with E-state index in [-0.39, 0.29) is 11.5 Å². The van der Waals surface area contributed by atoms with Crippen molar-refractivity contribution in [2.75, 3.05) is 0 Å². The zero-order valence-electron chi connectivity index (χ0n) is 10.4. The highest BCUT2D eigenvalue weighted by Crippen LogP contribution is 2.15. The summed E-state index contributed by atoms with van der Waals surface area (Å²) in [7, 11) is 0. The summed E-state index contributed by atoms with van der Waals surface area (Å²) in [5.41, 5.74) is 0.635. The van der Waals surface area contributed by atoms with E-state index < -0.39 is 0 Å². The van der Waals surface area contributed by atoms with Gasteiger partial charge in [0.2, 0.25) is 0 Å². The Kier molecular flexibility index (Phi) is 4.10. The Morgan fingerprint density at radius 2 is 2.06 bits per heavy atom. The average Bonchev–Trinajstić information content (AvgIpc) is 2.23. The lowest BCUT2D eigenvalue weighted by Crippen LogP contribution is -2.28. The molecule has 1 aromatic rings. The lowest BCUT2D eigenvalue weighted by Gasteiger charge is -2.13. The molecule has 1 N–H and O–H groups in total. The van der Waals surface area contributed by atoms with E-state index >= 15 is 0 Å². The van der Waals surface area contributed by atoms with Gasteiger partial charge in [-0.25, -0.2) is 0 Å². The van der Waals surface area contributed by atoms with Crippen molar-refractivity contribution in [3.63, 3.8) is 0 Å². The van der Waals surface area contributed by atoms with Gasteiger partial charge >= 0.3 is 5.56 Å². The quantitative estimate of drug-likeness (QED) is 0.798. The minimum atomic E-state index is -0.383. The highest BCUT2D eigenvalue weighted by Gasteiger charge is 2.14. The molecule has 0 saturated carbocycles. The first-order valence-corrected chi connectivity index (χ1v) is 5.77. The molecule has 1 aromatic heterocycles. The molecule has 1 atom stereocenters. The molecule has 0 bridgehead atoms. The lowest BCUT2D eigenvalue weighted by molar-refractivity contribution is 0.158. The number of hydrogen-bond donors (Lipinski definition) is 1. The molecule has 4 heteroatoms. The van der Waals surface area contributed by atoms with Gasteiger partial charge in [-0.15, -0.1) is 4.73 Å². The van der Waals surface area contributed by atoms with Crippen molar-refractivity contribution in [1.82, 2.24) is 9.71 Å². The SMILES string of the molecule is CCC(C)c1cnc(CC(C)C)c(=O)n1O. The number of nitrogens with zero attached hydrogens (tertiary/aromatic N) is 2. The number of hydrogen-bond acceptors (Lipinski definition) is 3. The highest BCUT2D eigenvalue weighted by molar-refractivity contribution is 5.08. The summed E-state index contributed by atoms with van der Waals surface area (Å²) in [4.78, 5) is 16.0. The first-order chi connectivity index (χ1) is 7.47. The summed E-state index contributed by atoms with van der Waals surface area (Å²) in [6.45, 7) is 8.01. The highest BCUT2D eigenvalue weighted by atomic mass is 16.5. The monoisotopic (exact) mass is 224 g/mol. The van der Waals surface area contributed by atoms with Gasteiger partial charge in [-0.05, 0) is 18.8 Å². The molecule has 0 aliphatic heterocycles. The van der Waals surface area contributed by atoms with E-state index in [1.165, 1.54) is 0 Å². The van der Waals surface area contributed by atoms with Crippen LogP contribution in [-0.4, -0.2) is 14.9 Å². The third-order valence-electron chi connectivity index (χ3n) is 2.76. The molecule has 0 saturated heterocycles. The smallest absolute Gasteiger partial charge is 0.304 e. The maximum Gasteiger partial charge on any atom is 0.304 e. The van der Waals surface area contributed by atoms with Crippen molar-refractivity contribution in [2.24, 2.45) is 5.92 Å². The van der Waals surface area contributed by atoms with Crippen LogP contribution in [0.1, 0.15) is 51.4 Å². The average molecular weight is 224 g/mol. The first kappa shape index (κ1) is 12.7. The molecule has 1 unspecified atom stereocenters. The molecule has 0 aliphatic rings. The Morgan fingerprint density at radius 1 is 1.44 bits per heavy atom. The van der Waals surface area contributed by atoms with Gasteiger partial charge in [0.15, 0.2) is 0 Å². The summed E-state index contributed by atoms with van der Waals surface area (Å²) in [5.74, 6) is 0.493. The molecule has 0 amide bonds. The van der Waals surface area contributed by atoms with Gasteiger partial charge in [-0.3, -0.25) is 9.78 Å². The molecule has 4 nitrogen and oxygen atoms in total. The van der Waals surface area contributed by atoms with Crippen LogP contribution in [-0.2, 0) is 6.42 Å². The predicted octanol–water partition coefficient (Wildman–Crippen LogP) is 2.19. The van der Waals surface area contributed by atoms with E-state index in [1.807, 2.05) is 27.7 Å². The maximum absolute atomic E-state index is 11.8. The standard InChI is InChI=1S/C12H20N2O2/c1-5-9(4)11-7-13-10(6-8(2)3)12(15)14(11)16/h7-9,16H,5-6H2,1-4H3. The van der Waals surface area contributed by atoms with Crippen LogP contribution in [0.15, 0.2) is 11.0 Å². The number of aromatic nitrogens is 2. The van der Waals surface area contributed by atoms with E-state index in [1.54, 1.807) is 6.20 Å². The van der Waals surface area contributed by atoms with Crippen LogP contribution in [0.4, 0.5) is 0 Å². The van der Waals surface area contributed by atoms with Crippen LogP contribution in [0.5, 0.6) is 0 Å². The van der Waals surface area contributed by atoms with Gasteiger partial charge in [0.05, 0.1) is 11.9 Å². The van der Waals surface area contributed by atoms with E-state index in [0.29, 0.717) is 23.7 Å². The zero-order valence-corrected chi connectivity index (χ0v) is 10.4. The van der Waals surface area contributed by atoms with E-state index in [4.69, 9.17) is 0 Å². The van der Waals surface area contributed by atoms with Crippen LogP contribution in [0.2, 0.25) is 0 Å². The van der Waals surface area contributed by atoms with Gasteiger partial charge in [0.25, 0.3) is 0 Å². The van der Waals surface area contributed by atoms with E-state index in [9.17, 15) is 10.0 Å². The summed E-state index contributed by atoms with van der Waals surface area (Å²) in [6, 6.07) is 0. The Balaban J connectivity index is 3.13. The van der Waals surface area contributed by atoms with E-state index in [0.717, 1.165) is 11.2 Å². The first-order valence-electron chi connectivity index (χ1n) is 5.77. The van der Waals surface area contributed by atoms with Gasteiger partial charge < -0.3 is 5.21 Å². The second-order valence-corrected chi connectivity index (χ2v) is 4.65. The van der Waals surface area contributed by atoms with Crippen molar-refractivity contribution in [1.29, 1.82) is 0 Å². The van der Waals surface area contributed by atoms with Crippen LogP contribution < -0.4 is 5.56 Å². The van der Waals surface area contributed by atoms with Gasteiger partial charge in [0.1, 0.15) is 5.69 Å². The summed E-state index contributed by atoms with van der Waals surface area (Å²) in [6.07, 6.45) is 3.07. The third-order valence-corrected chi connectivity index (χ3v) is 2.76. The van der Waals surface area contributed by atoms with Crippen molar-refractivity contribution in [3.05, 3.63) is 27.9 Å². The van der Waals surface area contributed by atoms with Crippen molar-refractivity contribution in [3.8, 4) is 0 Å². The minimum absolute atomic E-state index is 0.137. The second kappa shape index (κ2) is 5.14. The van der Waals surface area contributed by atoms with Crippen LogP contribution >= 0.6 is 0 Å². The summed E-state index contributed by atoms with van der Waals surface area (Å²) in [5, 5.41) is 9.76. The molecule has 0 spiro atoms. The molecule has 16 heavy (non-hydrogen) atoms. The normalized spacial score (nSPS) is 13.1. The Labute approximate surface area is 95.9 Å². The zero-order chi connectivity index (χ0) is 12.3. The molecular weight excluding hydrogens is 204 g/mol. The fraction of sp³-hybridized carbons (Fsp3) is 0.667. The molecule has 0 fully saturated rings. The maximum atomic E-state index is 11.8. The molecule has 1 heterocycles. The summed E-state index contributed by atoms with van der Waals surface area (Å²) < 4.78 is 0.749. The third kappa shape index (κ3) is 2.62. The van der Waals surface area contributed by atoms with Crippen molar-refractivity contribution >= 4 is 0 Å². The largest absolute Gasteiger partial charge is 0.425 e. The minimum Gasteiger partial charge on any atom is -0.425 e. The molecule has 90 valence electrons. The Morgan fingerprint density at radius 3 is 2.56 bits per heavy atom. The van der Waals surface area contributed by atoms with Gasteiger partial charge in [-0.1, -0.05) is 27.7 Å². The summed E-state index contributed by atoms with van der Waals surface area (Å²) >= 11 is 0. The fourth-order valence-corrected chi connectivity index (χ4v) is 1.57. The Hall–Kier alpha value is -1.32. The van der Waals surface area contributed by atoms with Gasteiger partial charge in [-0.2, -0.15) is 0 Å². The van der Waals surface area contributed by atoms with Crippen molar-refractivity contribution < 1.29 is 5.21 Å². The van der Waals surface area contributed by atoms with E-state index in [2.05, 4.69) is 4.98 Å². The Bertz CT molecular complexity index is 410. The molecule has 1 rings (SSSR count). The van der Waals surface area contributed by atoms with Crippen LogP contribution in [0.3, 0.4) is 0 Å². The predicted molar refractivity (Wildman–Crippen MR) is 62.9 cm³/mol. The molecule has 0 aliphatic carbocycles. The number of rotatable bonds is 4.